The van der Waals surface area contributed by atoms with E-state index in [0.29, 0.717) is 21.7 Å². The SMILES string of the molecule is CC(C)Nc1ccc(C(=O)/C=C/c2ccc(Cl)c(Cl)c2)cc1. The van der Waals surface area contributed by atoms with Gasteiger partial charge in [-0.1, -0.05) is 35.3 Å². The minimum Gasteiger partial charge on any atom is -0.383 e. The highest BCUT2D eigenvalue weighted by molar-refractivity contribution is 6.42. The van der Waals surface area contributed by atoms with Gasteiger partial charge in [0.25, 0.3) is 0 Å². The van der Waals surface area contributed by atoms with Crippen molar-refractivity contribution in [1.29, 1.82) is 0 Å². The summed E-state index contributed by atoms with van der Waals surface area (Å²) in [4.78, 5) is 12.1. The van der Waals surface area contributed by atoms with E-state index in [2.05, 4.69) is 19.2 Å². The lowest BCUT2D eigenvalue weighted by Gasteiger charge is -2.09. The standard InChI is InChI=1S/C18H17Cl2NO/c1-12(2)21-15-7-5-14(6-8-15)18(22)10-4-13-3-9-16(19)17(20)11-13/h3-12,21H,1-2H3/b10-4+. The normalized spacial score (nSPS) is 11.1. The van der Waals surface area contributed by atoms with E-state index in [9.17, 15) is 4.79 Å². The van der Waals surface area contributed by atoms with Crippen LogP contribution >= 0.6 is 23.2 Å². The van der Waals surface area contributed by atoms with Gasteiger partial charge in [0.15, 0.2) is 5.78 Å². The molecule has 0 atom stereocenters. The third-order valence-electron chi connectivity index (χ3n) is 3.00. The summed E-state index contributed by atoms with van der Waals surface area (Å²) >= 11 is 11.8. The first-order chi connectivity index (χ1) is 10.5. The highest BCUT2D eigenvalue weighted by Gasteiger charge is 2.03. The van der Waals surface area contributed by atoms with E-state index >= 15 is 0 Å². The number of rotatable bonds is 5. The molecule has 0 radical (unpaired) electrons. The number of anilines is 1. The number of nitrogens with one attached hydrogen (secondary N) is 1. The van der Waals surface area contributed by atoms with Crippen molar-refractivity contribution in [3.63, 3.8) is 0 Å². The second kappa shape index (κ2) is 7.48. The molecule has 0 spiro atoms. The summed E-state index contributed by atoms with van der Waals surface area (Å²) < 4.78 is 0. The van der Waals surface area contributed by atoms with Gasteiger partial charge < -0.3 is 5.32 Å². The Morgan fingerprint density at radius 3 is 2.32 bits per heavy atom. The summed E-state index contributed by atoms with van der Waals surface area (Å²) in [5.74, 6) is -0.0535. The van der Waals surface area contributed by atoms with Gasteiger partial charge in [-0.05, 0) is 61.9 Å². The van der Waals surface area contributed by atoms with Gasteiger partial charge >= 0.3 is 0 Å². The zero-order chi connectivity index (χ0) is 16.1. The predicted molar refractivity (Wildman–Crippen MR) is 95.0 cm³/mol. The molecule has 0 saturated heterocycles. The van der Waals surface area contributed by atoms with Crippen LogP contribution in [-0.4, -0.2) is 11.8 Å². The van der Waals surface area contributed by atoms with Gasteiger partial charge in [-0.15, -0.1) is 0 Å². The van der Waals surface area contributed by atoms with E-state index in [4.69, 9.17) is 23.2 Å². The van der Waals surface area contributed by atoms with Crippen molar-refractivity contribution < 1.29 is 4.79 Å². The molecular formula is C18H17Cl2NO. The lowest BCUT2D eigenvalue weighted by molar-refractivity contribution is 0.104. The second-order valence-corrected chi connectivity index (χ2v) is 6.06. The molecule has 0 saturated carbocycles. The fourth-order valence-corrected chi connectivity index (χ4v) is 2.25. The molecule has 0 fully saturated rings. The van der Waals surface area contributed by atoms with Crippen molar-refractivity contribution in [3.8, 4) is 0 Å². The zero-order valence-corrected chi connectivity index (χ0v) is 13.9. The molecule has 0 aliphatic rings. The topological polar surface area (TPSA) is 29.1 Å². The number of halogens is 2. The average molecular weight is 334 g/mol. The Balaban J connectivity index is 2.08. The number of ketones is 1. The van der Waals surface area contributed by atoms with Crippen LogP contribution in [0.15, 0.2) is 48.5 Å². The van der Waals surface area contributed by atoms with Crippen molar-refractivity contribution in [2.45, 2.75) is 19.9 Å². The number of benzene rings is 2. The first-order valence-electron chi connectivity index (χ1n) is 7.00. The Kier molecular flexibility index (Phi) is 5.64. The molecule has 0 aliphatic heterocycles. The van der Waals surface area contributed by atoms with Crippen LogP contribution in [0.1, 0.15) is 29.8 Å². The molecule has 2 aromatic carbocycles. The van der Waals surface area contributed by atoms with E-state index in [1.807, 2.05) is 30.3 Å². The van der Waals surface area contributed by atoms with Gasteiger partial charge in [-0.2, -0.15) is 0 Å². The number of hydrogen-bond acceptors (Lipinski definition) is 2. The van der Waals surface area contributed by atoms with E-state index in [1.54, 1.807) is 18.2 Å². The van der Waals surface area contributed by atoms with Crippen molar-refractivity contribution in [1.82, 2.24) is 0 Å². The number of allylic oxidation sites excluding steroid dienone is 1. The molecule has 0 aliphatic carbocycles. The fraction of sp³-hybridized carbons (Fsp3) is 0.167. The molecular weight excluding hydrogens is 317 g/mol. The minimum atomic E-state index is -0.0535. The molecule has 0 aromatic heterocycles. The maximum atomic E-state index is 12.1. The van der Waals surface area contributed by atoms with Crippen LogP contribution < -0.4 is 5.32 Å². The van der Waals surface area contributed by atoms with Crippen molar-refractivity contribution in [3.05, 3.63) is 69.7 Å². The number of hydrogen-bond donors (Lipinski definition) is 1. The molecule has 2 nitrogen and oxygen atoms in total. The van der Waals surface area contributed by atoms with Gasteiger partial charge in [-0.3, -0.25) is 4.79 Å². The Hall–Kier alpha value is -1.77. The first kappa shape index (κ1) is 16.6. The van der Waals surface area contributed by atoms with E-state index in [-0.39, 0.29) is 5.78 Å². The Morgan fingerprint density at radius 1 is 1.05 bits per heavy atom. The molecule has 0 amide bonds. The van der Waals surface area contributed by atoms with Crippen LogP contribution in [0.5, 0.6) is 0 Å². The summed E-state index contributed by atoms with van der Waals surface area (Å²) in [6.45, 7) is 4.14. The van der Waals surface area contributed by atoms with Gasteiger partial charge in [0.2, 0.25) is 0 Å². The third-order valence-corrected chi connectivity index (χ3v) is 3.73. The lowest BCUT2D eigenvalue weighted by Crippen LogP contribution is -2.09. The molecule has 0 heterocycles. The van der Waals surface area contributed by atoms with Gasteiger partial charge in [0, 0.05) is 17.3 Å². The van der Waals surface area contributed by atoms with Gasteiger partial charge in [0.05, 0.1) is 10.0 Å². The van der Waals surface area contributed by atoms with Crippen LogP contribution in [0.3, 0.4) is 0 Å². The predicted octanol–water partition coefficient (Wildman–Crippen LogP) is 5.71. The maximum absolute atomic E-state index is 12.1. The molecule has 114 valence electrons. The smallest absolute Gasteiger partial charge is 0.185 e. The lowest BCUT2D eigenvalue weighted by atomic mass is 10.1. The van der Waals surface area contributed by atoms with E-state index in [0.717, 1.165) is 11.3 Å². The molecule has 2 rings (SSSR count). The summed E-state index contributed by atoms with van der Waals surface area (Å²) in [7, 11) is 0. The number of carbonyl (C=O) groups excluding carboxylic acids is 1. The summed E-state index contributed by atoms with van der Waals surface area (Å²) in [6, 6.07) is 13.0. The van der Waals surface area contributed by atoms with E-state index < -0.39 is 0 Å². The fourth-order valence-electron chi connectivity index (χ4n) is 1.95. The first-order valence-corrected chi connectivity index (χ1v) is 7.75. The van der Waals surface area contributed by atoms with Crippen LogP contribution in [-0.2, 0) is 0 Å². The zero-order valence-electron chi connectivity index (χ0n) is 12.4. The summed E-state index contributed by atoms with van der Waals surface area (Å²) in [5, 5.41) is 4.25. The van der Waals surface area contributed by atoms with Gasteiger partial charge in [-0.25, -0.2) is 0 Å². The Labute approximate surface area is 140 Å². The minimum absolute atomic E-state index is 0.0535. The Morgan fingerprint density at radius 2 is 1.73 bits per heavy atom. The molecule has 0 bridgehead atoms. The second-order valence-electron chi connectivity index (χ2n) is 5.25. The highest BCUT2D eigenvalue weighted by atomic mass is 35.5. The quantitative estimate of drug-likeness (QED) is 0.560. The monoisotopic (exact) mass is 333 g/mol. The summed E-state index contributed by atoms with van der Waals surface area (Å²) in [5.41, 5.74) is 2.48. The summed E-state index contributed by atoms with van der Waals surface area (Å²) in [6.07, 6.45) is 3.26. The molecule has 4 heteroatoms. The Bertz CT molecular complexity index is 691. The van der Waals surface area contributed by atoms with Crippen LogP contribution in [0.25, 0.3) is 6.08 Å². The third kappa shape index (κ3) is 4.62. The maximum Gasteiger partial charge on any atom is 0.185 e. The molecule has 22 heavy (non-hydrogen) atoms. The van der Waals surface area contributed by atoms with Gasteiger partial charge in [0.1, 0.15) is 0 Å². The molecule has 0 unspecified atom stereocenters. The van der Waals surface area contributed by atoms with E-state index in [1.165, 1.54) is 6.08 Å². The van der Waals surface area contributed by atoms with Crippen molar-refractivity contribution in [2.75, 3.05) is 5.32 Å². The number of carbonyl (C=O) groups is 1. The van der Waals surface area contributed by atoms with Crippen molar-refractivity contribution >= 4 is 40.7 Å². The molecule has 1 N–H and O–H groups in total. The van der Waals surface area contributed by atoms with Crippen LogP contribution in [0, 0.1) is 0 Å². The molecule has 2 aromatic rings. The largest absolute Gasteiger partial charge is 0.383 e. The van der Waals surface area contributed by atoms with Crippen LogP contribution in [0.2, 0.25) is 10.0 Å². The van der Waals surface area contributed by atoms with Crippen LogP contribution in [0.4, 0.5) is 5.69 Å². The highest BCUT2D eigenvalue weighted by Crippen LogP contribution is 2.23. The average Bonchev–Trinajstić information content (AvgIpc) is 2.48. The van der Waals surface area contributed by atoms with Crippen molar-refractivity contribution in [2.24, 2.45) is 0 Å².